The Labute approximate surface area is 130 Å². The van der Waals surface area contributed by atoms with Gasteiger partial charge in [-0.05, 0) is 44.6 Å². The third-order valence-electron chi connectivity index (χ3n) is 5.13. The lowest BCUT2D eigenvalue weighted by Gasteiger charge is -2.28. The smallest absolute Gasteiger partial charge is 0.243 e. The average Bonchev–Trinajstić information content (AvgIpc) is 3.06. The number of fused-ring (bicyclic) bond motifs is 1. The van der Waals surface area contributed by atoms with E-state index in [1.54, 1.807) is 6.26 Å². The fraction of sp³-hybridized carbons (Fsp3) is 0.647. The van der Waals surface area contributed by atoms with Crippen LogP contribution >= 0.6 is 0 Å². The Bertz CT molecular complexity index is 590. The van der Waals surface area contributed by atoms with Crippen LogP contribution in [-0.2, 0) is 16.0 Å². The summed E-state index contributed by atoms with van der Waals surface area (Å²) < 4.78 is 5.48. The molecule has 3 aliphatic rings. The highest BCUT2D eigenvalue weighted by molar-refractivity contribution is 5.90. The highest BCUT2D eigenvalue weighted by atomic mass is 16.3. The van der Waals surface area contributed by atoms with Crippen molar-refractivity contribution < 1.29 is 14.0 Å². The highest BCUT2D eigenvalue weighted by Gasteiger charge is 2.41. The van der Waals surface area contributed by atoms with Crippen molar-refractivity contribution in [2.24, 2.45) is 5.92 Å². The number of amides is 2. The molecule has 0 spiro atoms. The number of nitrogens with zero attached hydrogens (tertiary/aromatic N) is 1. The van der Waals surface area contributed by atoms with Crippen LogP contribution in [0.2, 0.25) is 0 Å². The Morgan fingerprint density at radius 3 is 2.86 bits per heavy atom. The summed E-state index contributed by atoms with van der Waals surface area (Å²) in [7, 11) is 0. The van der Waals surface area contributed by atoms with Crippen LogP contribution in [-0.4, -0.2) is 29.3 Å². The quantitative estimate of drug-likeness (QED) is 0.931. The van der Waals surface area contributed by atoms with Crippen molar-refractivity contribution in [2.45, 2.75) is 57.0 Å². The van der Waals surface area contributed by atoms with Crippen molar-refractivity contribution in [1.82, 2.24) is 10.2 Å². The van der Waals surface area contributed by atoms with Crippen molar-refractivity contribution in [3.63, 3.8) is 0 Å². The van der Waals surface area contributed by atoms with Gasteiger partial charge < -0.3 is 14.6 Å². The fourth-order valence-electron chi connectivity index (χ4n) is 3.77. The first-order chi connectivity index (χ1) is 10.7. The monoisotopic (exact) mass is 302 g/mol. The molecular formula is C17H22N2O3. The zero-order chi connectivity index (χ0) is 15.1. The molecule has 2 fully saturated rings. The van der Waals surface area contributed by atoms with E-state index in [4.69, 9.17) is 4.42 Å². The maximum absolute atomic E-state index is 12.7. The van der Waals surface area contributed by atoms with Gasteiger partial charge in [-0.3, -0.25) is 9.59 Å². The van der Waals surface area contributed by atoms with Crippen LogP contribution in [0.4, 0.5) is 0 Å². The van der Waals surface area contributed by atoms with Gasteiger partial charge in [0.15, 0.2) is 0 Å². The summed E-state index contributed by atoms with van der Waals surface area (Å²) in [6.07, 6.45) is 8.32. The normalized spacial score (nSPS) is 27.5. The highest BCUT2D eigenvalue weighted by Crippen LogP contribution is 2.34. The molecule has 1 N–H and O–H groups in total. The first-order valence-corrected chi connectivity index (χ1v) is 8.41. The molecule has 0 bridgehead atoms. The largest absolute Gasteiger partial charge is 0.469 e. The first-order valence-electron chi connectivity index (χ1n) is 8.41. The summed E-state index contributed by atoms with van der Waals surface area (Å²) in [6, 6.07) is 1.72. The van der Waals surface area contributed by atoms with E-state index in [1.165, 1.54) is 0 Å². The second kappa shape index (κ2) is 5.45. The second-order valence-electron chi connectivity index (χ2n) is 6.72. The summed E-state index contributed by atoms with van der Waals surface area (Å²) in [5.74, 6) is 1.37. The fourth-order valence-corrected chi connectivity index (χ4v) is 3.77. The standard InChI is InChI=1S/C17H22N2O3/c20-16(14-4-2-9-19(14)17(21)11-6-7-11)18-13-3-1-5-15-12(13)8-10-22-15/h8,10-11,13-14H,1-7,9H2,(H,18,20). The van der Waals surface area contributed by atoms with Crippen LogP contribution in [0.3, 0.4) is 0 Å². The minimum atomic E-state index is -0.273. The summed E-state index contributed by atoms with van der Waals surface area (Å²) in [4.78, 5) is 26.8. The summed E-state index contributed by atoms with van der Waals surface area (Å²) in [5, 5.41) is 3.15. The Hall–Kier alpha value is -1.78. The van der Waals surface area contributed by atoms with Gasteiger partial charge >= 0.3 is 0 Å². The van der Waals surface area contributed by atoms with Crippen molar-refractivity contribution in [1.29, 1.82) is 0 Å². The molecule has 0 aromatic carbocycles. The lowest BCUT2D eigenvalue weighted by Crippen LogP contribution is -2.47. The van der Waals surface area contributed by atoms with Gasteiger partial charge in [-0.1, -0.05) is 0 Å². The lowest BCUT2D eigenvalue weighted by atomic mass is 9.93. The number of hydrogen-bond acceptors (Lipinski definition) is 3. The van der Waals surface area contributed by atoms with Gasteiger partial charge in [-0.2, -0.15) is 0 Å². The number of furan rings is 1. The molecule has 1 saturated carbocycles. The topological polar surface area (TPSA) is 62.6 Å². The van der Waals surface area contributed by atoms with Crippen molar-refractivity contribution in [3.05, 3.63) is 23.7 Å². The molecule has 5 nitrogen and oxygen atoms in total. The number of rotatable bonds is 3. The van der Waals surface area contributed by atoms with Gasteiger partial charge in [-0.15, -0.1) is 0 Å². The molecule has 1 aliphatic heterocycles. The van der Waals surface area contributed by atoms with Gasteiger partial charge in [0.2, 0.25) is 11.8 Å². The zero-order valence-corrected chi connectivity index (χ0v) is 12.7. The molecular weight excluding hydrogens is 280 g/mol. The third-order valence-corrected chi connectivity index (χ3v) is 5.13. The maximum Gasteiger partial charge on any atom is 0.243 e. The van der Waals surface area contributed by atoms with Crippen molar-refractivity contribution >= 4 is 11.8 Å². The van der Waals surface area contributed by atoms with Gasteiger partial charge in [0.25, 0.3) is 0 Å². The maximum atomic E-state index is 12.7. The minimum Gasteiger partial charge on any atom is -0.469 e. The molecule has 1 aromatic heterocycles. The Kier molecular flexibility index (Phi) is 3.43. The molecule has 2 atom stereocenters. The molecule has 2 amide bonds. The van der Waals surface area contributed by atoms with Gasteiger partial charge in [0.1, 0.15) is 11.8 Å². The first kappa shape index (κ1) is 13.9. The van der Waals surface area contributed by atoms with E-state index in [2.05, 4.69) is 5.32 Å². The van der Waals surface area contributed by atoms with Gasteiger partial charge in [0.05, 0.1) is 12.3 Å². The molecule has 118 valence electrons. The molecule has 0 radical (unpaired) electrons. The second-order valence-corrected chi connectivity index (χ2v) is 6.72. The number of carbonyl (C=O) groups is 2. The molecule has 1 saturated heterocycles. The van der Waals surface area contributed by atoms with Crippen molar-refractivity contribution in [2.75, 3.05) is 6.54 Å². The van der Waals surface area contributed by atoms with E-state index in [9.17, 15) is 9.59 Å². The summed E-state index contributed by atoms with van der Waals surface area (Å²) in [6.45, 7) is 0.731. The Morgan fingerprint density at radius 2 is 2.05 bits per heavy atom. The van der Waals surface area contributed by atoms with E-state index in [0.29, 0.717) is 0 Å². The molecule has 22 heavy (non-hydrogen) atoms. The van der Waals surface area contributed by atoms with Crippen LogP contribution in [0, 0.1) is 5.92 Å². The van der Waals surface area contributed by atoms with Crippen LogP contribution < -0.4 is 5.32 Å². The van der Waals surface area contributed by atoms with E-state index >= 15 is 0 Å². The Balaban J connectivity index is 1.45. The lowest BCUT2D eigenvalue weighted by molar-refractivity contribution is -0.139. The van der Waals surface area contributed by atoms with E-state index in [1.807, 2.05) is 11.0 Å². The molecule has 5 heteroatoms. The Morgan fingerprint density at radius 1 is 1.18 bits per heavy atom. The van der Waals surface area contributed by atoms with Crippen LogP contribution in [0.1, 0.15) is 55.9 Å². The predicted octanol–water partition coefficient (Wildman–Crippen LogP) is 2.17. The molecule has 4 rings (SSSR count). The number of aryl methyl sites for hydroxylation is 1. The number of carbonyl (C=O) groups excluding carboxylic acids is 2. The molecule has 1 aromatic rings. The molecule has 2 unspecified atom stereocenters. The number of hydrogen-bond donors (Lipinski definition) is 1. The van der Waals surface area contributed by atoms with E-state index < -0.39 is 0 Å². The average molecular weight is 302 g/mol. The van der Waals surface area contributed by atoms with E-state index in [0.717, 1.165) is 62.8 Å². The SMILES string of the molecule is O=C(NC1CCCc2occc21)C1CCCN1C(=O)C1CC1. The number of likely N-dealkylation sites (tertiary alicyclic amines) is 1. The molecule has 2 aliphatic carbocycles. The predicted molar refractivity (Wildman–Crippen MR) is 80.0 cm³/mol. The third kappa shape index (κ3) is 2.42. The molecule has 2 heterocycles. The van der Waals surface area contributed by atoms with Crippen molar-refractivity contribution in [3.8, 4) is 0 Å². The minimum absolute atomic E-state index is 0.00514. The van der Waals surface area contributed by atoms with Gasteiger partial charge in [0, 0.05) is 24.4 Å². The number of nitrogens with one attached hydrogen (secondary N) is 1. The van der Waals surface area contributed by atoms with E-state index in [-0.39, 0.29) is 29.8 Å². The summed E-state index contributed by atoms with van der Waals surface area (Å²) >= 11 is 0. The summed E-state index contributed by atoms with van der Waals surface area (Å²) in [5.41, 5.74) is 1.11. The van der Waals surface area contributed by atoms with Gasteiger partial charge in [-0.25, -0.2) is 0 Å². The van der Waals surface area contributed by atoms with Crippen LogP contribution in [0.15, 0.2) is 16.7 Å². The van der Waals surface area contributed by atoms with Crippen LogP contribution in [0.25, 0.3) is 0 Å². The zero-order valence-electron chi connectivity index (χ0n) is 12.7. The van der Waals surface area contributed by atoms with Crippen LogP contribution in [0.5, 0.6) is 0 Å².